The predicted molar refractivity (Wildman–Crippen MR) is 147 cm³/mol. The summed E-state index contributed by atoms with van der Waals surface area (Å²) in [6.07, 6.45) is 0.805. The highest BCUT2D eigenvalue weighted by atomic mass is 35.5. The minimum absolute atomic E-state index is 0.00100. The molecule has 5 rings (SSSR count). The van der Waals surface area contributed by atoms with Gasteiger partial charge in [-0.2, -0.15) is 0 Å². The van der Waals surface area contributed by atoms with Gasteiger partial charge in [-0.15, -0.1) is 5.54 Å². The van der Waals surface area contributed by atoms with Gasteiger partial charge in [-0.1, -0.05) is 65.1 Å². The Hall–Kier alpha value is -2.55. The predicted octanol–water partition coefficient (Wildman–Crippen LogP) is 7.38. The fourth-order valence-corrected chi connectivity index (χ4v) is 12.2. The number of carbonyl (C=O) groups excluding carboxylic acids is 1. The molecule has 1 amide bonds. The lowest BCUT2D eigenvalue weighted by Gasteiger charge is -2.38. The molecule has 2 aliphatic rings. The number of nitrogens with zero attached hydrogens (tertiary/aromatic N) is 3. The highest BCUT2D eigenvalue weighted by Gasteiger charge is 2.45. The number of hydrogen-bond donors (Lipinski definition) is 0. The summed E-state index contributed by atoms with van der Waals surface area (Å²) in [5.74, 6) is 4.65. The van der Waals surface area contributed by atoms with Crippen LogP contribution in [0.3, 0.4) is 0 Å². The molecule has 3 aromatic rings. The van der Waals surface area contributed by atoms with Gasteiger partial charge in [0.25, 0.3) is 5.91 Å². The van der Waals surface area contributed by atoms with Crippen molar-refractivity contribution in [2.45, 2.75) is 76.7 Å². The number of carbonyl (C=O) groups is 1. The van der Waals surface area contributed by atoms with Crippen LogP contribution >= 0.6 is 11.6 Å². The van der Waals surface area contributed by atoms with Crippen molar-refractivity contribution in [2.75, 3.05) is 7.05 Å². The summed E-state index contributed by atoms with van der Waals surface area (Å²) in [6.45, 7) is 14.0. The first-order valence-corrected chi connectivity index (χ1v) is 15.3. The minimum Gasteiger partial charge on any atom is -0.331 e. The van der Waals surface area contributed by atoms with Crippen molar-refractivity contribution in [3.05, 3.63) is 63.9 Å². The van der Waals surface area contributed by atoms with E-state index in [2.05, 4.69) is 63.6 Å². The molecule has 0 unspecified atom stereocenters. The van der Waals surface area contributed by atoms with Crippen molar-refractivity contribution < 1.29 is 4.79 Å². The van der Waals surface area contributed by atoms with Crippen molar-refractivity contribution in [3.63, 3.8) is 0 Å². The monoisotopic (exact) mass is 503 g/mol. The lowest BCUT2D eigenvalue weighted by Crippen LogP contribution is -2.43. The van der Waals surface area contributed by atoms with Gasteiger partial charge in [0.1, 0.15) is 13.9 Å². The zero-order valence-electron chi connectivity index (χ0n) is 21.7. The summed E-state index contributed by atoms with van der Waals surface area (Å²) in [4.78, 5) is 20.4. The van der Waals surface area contributed by atoms with Crippen LogP contribution in [0.25, 0.3) is 11.0 Å². The Bertz CT molecular complexity index is 1370. The van der Waals surface area contributed by atoms with Gasteiger partial charge in [-0.3, -0.25) is 4.79 Å². The van der Waals surface area contributed by atoms with Gasteiger partial charge in [0.2, 0.25) is 0 Å². The standard InChI is InChI=1S/C29H34ClN3OSi/c1-17(2)35(18(3)4,19(5)6)14-13-20-9-8-10-22-27(20)25-16-26(32(7)29(22)34)28-31-23-12-11-21(30)15-24(23)33(25)28/h8-12,15,17-19,25-26H,16H2,1-7H3/t25-,26-/m1/s1. The number of hydrogen-bond acceptors (Lipinski definition) is 2. The van der Waals surface area contributed by atoms with E-state index in [-0.39, 0.29) is 18.0 Å². The third-order valence-electron chi connectivity index (χ3n) is 8.47. The first-order valence-electron chi connectivity index (χ1n) is 12.7. The van der Waals surface area contributed by atoms with E-state index in [4.69, 9.17) is 16.6 Å². The first-order chi connectivity index (χ1) is 16.6. The van der Waals surface area contributed by atoms with Gasteiger partial charge in [0.05, 0.1) is 23.1 Å². The van der Waals surface area contributed by atoms with Crippen molar-refractivity contribution >= 4 is 36.6 Å². The fourth-order valence-electron chi connectivity index (χ4n) is 6.81. The van der Waals surface area contributed by atoms with Crippen LogP contribution in [0.1, 0.15) is 87.4 Å². The molecule has 0 radical (unpaired) electrons. The summed E-state index contributed by atoms with van der Waals surface area (Å²) in [5, 5.41) is 0.693. The maximum atomic E-state index is 13.6. The van der Waals surface area contributed by atoms with E-state index in [1.807, 2.05) is 42.3 Å². The molecule has 0 spiro atoms. The van der Waals surface area contributed by atoms with Gasteiger partial charge in [0, 0.05) is 35.2 Å². The molecular formula is C29H34ClN3OSi. The number of benzene rings is 2. The first kappa shape index (κ1) is 24.2. The number of halogens is 1. The molecule has 2 aliphatic heterocycles. The van der Waals surface area contributed by atoms with E-state index in [9.17, 15) is 4.79 Å². The molecule has 4 nitrogen and oxygen atoms in total. The highest BCUT2D eigenvalue weighted by Crippen LogP contribution is 2.48. The quantitative estimate of drug-likeness (QED) is 0.276. The molecule has 0 N–H and O–H groups in total. The maximum Gasteiger partial charge on any atom is 0.254 e. The van der Waals surface area contributed by atoms with Crippen LogP contribution in [0.5, 0.6) is 0 Å². The van der Waals surface area contributed by atoms with E-state index in [0.717, 1.165) is 40.0 Å². The Morgan fingerprint density at radius 1 is 1.03 bits per heavy atom. The number of rotatable bonds is 3. The van der Waals surface area contributed by atoms with Gasteiger partial charge < -0.3 is 9.47 Å². The normalized spacial score (nSPS) is 19.3. The SMILES string of the molecule is CC(C)[Si](C#Cc1cccc2c1[C@H]1C[C@H](c3nc4ccc(Cl)cc4n31)N(C)C2=O)(C(C)C)C(C)C. The second-order valence-electron chi connectivity index (χ2n) is 11.1. The molecule has 1 aromatic heterocycles. The minimum atomic E-state index is -1.92. The third kappa shape index (κ3) is 3.49. The van der Waals surface area contributed by atoms with Gasteiger partial charge >= 0.3 is 0 Å². The number of fused-ring (bicyclic) bond motifs is 9. The summed E-state index contributed by atoms with van der Waals surface area (Å²) in [6, 6.07) is 11.8. The zero-order valence-corrected chi connectivity index (χ0v) is 23.4. The number of imidazole rings is 1. The smallest absolute Gasteiger partial charge is 0.254 e. The van der Waals surface area contributed by atoms with Crippen LogP contribution in [-0.4, -0.2) is 35.5 Å². The largest absolute Gasteiger partial charge is 0.331 e. The summed E-state index contributed by atoms with van der Waals surface area (Å²) in [5.41, 5.74) is 10.2. The van der Waals surface area contributed by atoms with E-state index >= 15 is 0 Å². The van der Waals surface area contributed by atoms with E-state index < -0.39 is 8.07 Å². The molecule has 6 heteroatoms. The summed E-state index contributed by atoms with van der Waals surface area (Å²) in [7, 11) is -0.0268. The topological polar surface area (TPSA) is 38.1 Å². The Morgan fingerprint density at radius 3 is 2.37 bits per heavy atom. The Labute approximate surface area is 214 Å². The van der Waals surface area contributed by atoms with Crippen molar-refractivity contribution in [3.8, 4) is 11.5 Å². The Balaban J connectivity index is 1.76. The van der Waals surface area contributed by atoms with Crippen LogP contribution in [0.15, 0.2) is 36.4 Å². The van der Waals surface area contributed by atoms with Crippen molar-refractivity contribution in [1.29, 1.82) is 0 Å². The van der Waals surface area contributed by atoms with Crippen LogP contribution in [0.4, 0.5) is 0 Å². The average Bonchev–Trinajstić information content (AvgIpc) is 3.31. The lowest BCUT2D eigenvalue weighted by atomic mass is 9.94. The molecule has 182 valence electrons. The molecule has 2 bridgehead atoms. The van der Waals surface area contributed by atoms with E-state index in [0.29, 0.717) is 21.6 Å². The zero-order chi connectivity index (χ0) is 25.2. The van der Waals surface area contributed by atoms with Crippen LogP contribution in [0, 0.1) is 11.5 Å². The highest BCUT2D eigenvalue weighted by molar-refractivity contribution is 6.90. The van der Waals surface area contributed by atoms with Crippen LogP contribution in [-0.2, 0) is 0 Å². The summed E-state index contributed by atoms with van der Waals surface area (Å²) < 4.78 is 2.30. The molecular weight excluding hydrogens is 470 g/mol. The second-order valence-corrected chi connectivity index (χ2v) is 17.1. The molecule has 0 saturated carbocycles. The van der Waals surface area contributed by atoms with Gasteiger partial charge in [0.15, 0.2) is 0 Å². The molecule has 0 fully saturated rings. The van der Waals surface area contributed by atoms with Gasteiger partial charge in [-0.05, 0) is 47.0 Å². The molecule has 2 atom stereocenters. The average molecular weight is 504 g/mol. The van der Waals surface area contributed by atoms with Crippen LogP contribution < -0.4 is 0 Å². The second kappa shape index (κ2) is 8.53. The van der Waals surface area contributed by atoms with Gasteiger partial charge in [-0.25, -0.2) is 4.98 Å². The third-order valence-corrected chi connectivity index (χ3v) is 15.0. The van der Waals surface area contributed by atoms with E-state index in [1.54, 1.807) is 0 Å². The van der Waals surface area contributed by atoms with Crippen molar-refractivity contribution in [1.82, 2.24) is 14.5 Å². The fraction of sp³-hybridized carbons (Fsp3) is 0.448. The van der Waals surface area contributed by atoms with E-state index in [1.165, 1.54) is 0 Å². The Morgan fingerprint density at radius 2 is 1.71 bits per heavy atom. The maximum absolute atomic E-state index is 13.6. The number of aromatic nitrogens is 2. The lowest BCUT2D eigenvalue weighted by molar-refractivity contribution is 0.0734. The summed E-state index contributed by atoms with van der Waals surface area (Å²) >= 11 is 6.40. The molecule has 2 aromatic carbocycles. The molecule has 35 heavy (non-hydrogen) atoms. The van der Waals surface area contributed by atoms with Crippen LogP contribution in [0.2, 0.25) is 21.6 Å². The molecule has 0 aliphatic carbocycles. The van der Waals surface area contributed by atoms with Crippen molar-refractivity contribution in [2.24, 2.45) is 0 Å². The molecule has 3 heterocycles. The Kier molecular flexibility index (Phi) is 5.89. The number of amides is 1. The molecule has 0 saturated heterocycles.